The molecule has 0 aliphatic rings. The minimum atomic E-state index is -4.42. The molecule has 0 atom stereocenters. The standard InChI is InChI=1S/C8H7BrF4N2O2S/c9-5-1-6(3-14-2-5)18(16,17)15-4-8(12,13)7(10)11/h1-3,7,15H,4H2. The van der Waals surface area contributed by atoms with Crippen molar-refractivity contribution in [2.24, 2.45) is 0 Å². The van der Waals surface area contributed by atoms with Crippen LogP contribution in [0.1, 0.15) is 0 Å². The van der Waals surface area contributed by atoms with Crippen LogP contribution >= 0.6 is 15.9 Å². The third-order valence-electron chi connectivity index (χ3n) is 1.81. The SMILES string of the molecule is O=S(=O)(NCC(F)(F)C(F)F)c1cncc(Br)c1. The van der Waals surface area contributed by atoms with Crippen LogP contribution in [-0.4, -0.2) is 32.3 Å². The van der Waals surface area contributed by atoms with Crippen LogP contribution in [0.15, 0.2) is 27.8 Å². The highest BCUT2D eigenvalue weighted by Gasteiger charge is 2.41. The van der Waals surface area contributed by atoms with Crippen LogP contribution in [0.25, 0.3) is 0 Å². The molecule has 0 aromatic carbocycles. The van der Waals surface area contributed by atoms with Crippen LogP contribution in [0.5, 0.6) is 0 Å². The first-order valence-electron chi connectivity index (χ1n) is 4.41. The number of alkyl halides is 4. The monoisotopic (exact) mass is 350 g/mol. The van der Waals surface area contributed by atoms with Crippen LogP contribution in [0, 0.1) is 0 Å². The van der Waals surface area contributed by atoms with Gasteiger partial charge in [0, 0.05) is 16.9 Å². The molecule has 0 unspecified atom stereocenters. The molecule has 1 N–H and O–H groups in total. The van der Waals surface area contributed by atoms with Gasteiger partial charge in [-0.1, -0.05) is 0 Å². The van der Waals surface area contributed by atoms with Crippen molar-refractivity contribution in [1.82, 2.24) is 9.71 Å². The Morgan fingerprint density at radius 3 is 2.50 bits per heavy atom. The smallest absolute Gasteiger partial charge is 0.262 e. The lowest BCUT2D eigenvalue weighted by atomic mass is 10.4. The van der Waals surface area contributed by atoms with Crippen molar-refractivity contribution in [3.63, 3.8) is 0 Å². The number of hydrogen-bond donors (Lipinski definition) is 1. The molecule has 4 nitrogen and oxygen atoms in total. The molecule has 0 amide bonds. The van der Waals surface area contributed by atoms with Crippen molar-refractivity contribution in [3.05, 3.63) is 22.9 Å². The summed E-state index contributed by atoms with van der Waals surface area (Å²) in [6.45, 7) is -1.68. The van der Waals surface area contributed by atoms with Crippen molar-refractivity contribution in [1.29, 1.82) is 0 Å². The van der Waals surface area contributed by atoms with Crippen LogP contribution in [0.2, 0.25) is 0 Å². The van der Waals surface area contributed by atoms with Gasteiger partial charge < -0.3 is 0 Å². The largest absolute Gasteiger partial charge is 0.320 e. The third kappa shape index (κ3) is 3.89. The summed E-state index contributed by atoms with van der Waals surface area (Å²) in [5.74, 6) is -4.42. The molecule has 0 aliphatic carbocycles. The topological polar surface area (TPSA) is 59.1 Å². The zero-order valence-electron chi connectivity index (χ0n) is 8.58. The first-order valence-corrected chi connectivity index (χ1v) is 6.69. The van der Waals surface area contributed by atoms with Gasteiger partial charge in [0.1, 0.15) is 4.90 Å². The van der Waals surface area contributed by atoms with Gasteiger partial charge in [-0.05, 0) is 22.0 Å². The first-order chi connectivity index (χ1) is 8.15. The lowest BCUT2D eigenvalue weighted by Gasteiger charge is -2.15. The Balaban J connectivity index is 2.84. The minimum absolute atomic E-state index is 0.311. The average Bonchev–Trinajstić information content (AvgIpc) is 2.26. The highest BCUT2D eigenvalue weighted by Crippen LogP contribution is 2.22. The maximum atomic E-state index is 12.6. The molecule has 0 aliphatic heterocycles. The Bertz CT molecular complexity index is 524. The highest BCUT2D eigenvalue weighted by molar-refractivity contribution is 9.10. The number of rotatable bonds is 5. The van der Waals surface area contributed by atoms with Gasteiger partial charge in [-0.3, -0.25) is 4.98 Å². The van der Waals surface area contributed by atoms with E-state index in [0.29, 0.717) is 4.47 Å². The van der Waals surface area contributed by atoms with Gasteiger partial charge in [-0.25, -0.2) is 21.9 Å². The fraction of sp³-hybridized carbons (Fsp3) is 0.375. The quantitative estimate of drug-likeness (QED) is 0.826. The van der Waals surface area contributed by atoms with Crippen molar-refractivity contribution < 1.29 is 26.0 Å². The van der Waals surface area contributed by atoms with E-state index in [1.807, 2.05) is 0 Å². The van der Waals surface area contributed by atoms with Gasteiger partial charge in [-0.15, -0.1) is 0 Å². The fourth-order valence-corrected chi connectivity index (χ4v) is 2.44. The molecule has 10 heteroatoms. The zero-order chi connectivity index (χ0) is 14.0. The molecule has 0 fully saturated rings. The van der Waals surface area contributed by atoms with Gasteiger partial charge in [0.25, 0.3) is 0 Å². The molecular weight excluding hydrogens is 344 g/mol. The summed E-state index contributed by atoms with van der Waals surface area (Å²) in [7, 11) is -4.31. The van der Waals surface area contributed by atoms with E-state index in [4.69, 9.17) is 0 Å². The molecule has 1 rings (SSSR count). The van der Waals surface area contributed by atoms with E-state index in [1.54, 1.807) is 0 Å². The van der Waals surface area contributed by atoms with E-state index in [2.05, 4.69) is 20.9 Å². The van der Waals surface area contributed by atoms with Crippen LogP contribution in [-0.2, 0) is 10.0 Å². The molecule has 0 saturated heterocycles. The predicted octanol–water partition coefficient (Wildman–Crippen LogP) is 2.02. The normalized spacial score (nSPS) is 13.0. The van der Waals surface area contributed by atoms with Crippen molar-refractivity contribution in [2.75, 3.05) is 6.54 Å². The highest BCUT2D eigenvalue weighted by atomic mass is 79.9. The Hall–Kier alpha value is -0.740. The summed E-state index contributed by atoms with van der Waals surface area (Å²) in [5.41, 5.74) is 0. The summed E-state index contributed by atoms with van der Waals surface area (Å²) >= 11 is 2.95. The molecular formula is C8H7BrF4N2O2S. The van der Waals surface area contributed by atoms with E-state index < -0.39 is 33.8 Å². The van der Waals surface area contributed by atoms with E-state index in [-0.39, 0.29) is 0 Å². The summed E-state index contributed by atoms with van der Waals surface area (Å²) in [6, 6.07) is 1.11. The predicted molar refractivity (Wildman–Crippen MR) is 58.1 cm³/mol. The average molecular weight is 351 g/mol. The number of nitrogens with one attached hydrogen (secondary N) is 1. The molecule has 0 saturated carbocycles. The molecule has 0 radical (unpaired) electrons. The molecule has 0 spiro atoms. The van der Waals surface area contributed by atoms with E-state index in [9.17, 15) is 26.0 Å². The van der Waals surface area contributed by atoms with Gasteiger partial charge in [-0.2, -0.15) is 8.78 Å². The number of pyridine rings is 1. The second-order valence-electron chi connectivity index (χ2n) is 3.23. The molecule has 1 heterocycles. The van der Waals surface area contributed by atoms with Crippen LogP contribution in [0.3, 0.4) is 0 Å². The van der Waals surface area contributed by atoms with Crippen LogP contribution < -0.4 is 4.72 Å². The second-order valence-corrected chi connectivity index (χ2v) is 5.91. The second kappa shape index (κ2) is 5.49. The van der Waals surface area contributed by atoms with Crippen molar-refractivity contribution in [3.8, 4) is 0 Å². The lowest BCUT2D eigenvalue weighted by Crippen LogP contribution is -2.41. The Morgan fingerprint density at radius 2 is 2.00 bits per heavy atom. The Kier molecular flexibility index (Phi) is 4.67. The van der Waals surface area contributed by atoms with Gasteiger partial charge in [0.05, 0.1) is 6.54 Å². The third-order valence-corrected chi connectivity index (χ3v) is 3.61. The zero-order valence-corrected chi connectivity index (χ0v) is 11.0. The van der Waals surface area contributed by atoms with Gasteiger partial charge >= 0.3 is 12.3 Å². The van der Waals surface area contributed by atoms with Gasteiger partial charge in [0.2, 0.25) is 10.0 Å². The fourth-order valence-electron chi connectivity index (χ4n) is 0.891. The number of sulfonamides is 1. The maximum absolute atomic E-state index is 12.6. The summed E-state index contributed by atoms with van der Waals surface area (Å²) in [4.78, 5) is 3.13. The molecule has 18 heavy (non-hydrogen) atoms. The number of aromatic nitrogens is 1. The molecule has 0 bridgehead atoms. The lowest BCUT2D eigenvalue weighted by molar-refractivity contribution is -0.122. The van der Waals surface area contributed by atoms with E-state index >= 15 is 0 Å². The number of halogens is 5. The molecule has 1 aromatic rings. The maximum Gasteiger partial charge on any atom is 0.320 e. The summed E-state index contributed by atoms with van der Waals surface area (Å²) in [5, 5.41) is 0. The minimum Gasteiger partial charge on any atom is -0.262 e. The summed E-state index contributed by atoms with van der Waals surface area (Å²) in [6.07, 6.45) is -1.75. The van der Waals surface area contributed by atoms with E-state index in [0.717, 1.165) is 12.3 Å². The van der Waals surface area contributed by atoms with Crippen molar-refractivity contribution >= 4 is 26.0 Å². The van der Waals surface area contributed by atoms with Crippen LogP contribution in [0.4, 0.5) is 17.6 Å². The first kappa shape index (κ1) is 15.3. The number of nitrogens with zero attached hydrogens (tertiary/aromatic N) is 1. The summed E-state index contributed by atoms with van der Waals surface area (Å²) < 4.78 is 73.6. The Labute approximate surface area is 109 Å². The van der Waals surface area contributed by atoms with Gasteiger partial charge in [0.15, 0.2) is 0 Å². The molecule has 1 aromatic heterocycles. The molecule has 102 valence electrons. The van der Waals surface area contributed by atoms with Crippen molar-refractivity contribution in [2.45, 2.75) is 17.2 Å². The van der Waals surface area contributed by atoms with E-state index in [1.165, 1.54) is 10.9 Å². The Morgan fingerprint density at radius 1 is 1.39 bits per heavy atom. The number of hydrogen-bond acceptors (Lipinski definition) is 3.